The zero-order chi connectivity index (χ0) is 17.6. The predicted molar refractivity (Wildman–Crippen MR) is 89.9 cm³/mol. The quantitative estimate of drug-likeness (QED) is 0.686. The van der Waals surface area contributed by atoms with Crippen molar-refractivity contribution in [1.29, 1.82) is 0 Å². The molecule has 2 amide bonds. The molecule has 1 aromatic heterocycles. The van der Waals surface area contributed by atoms with E-state index in [1.165, 1.54) is 11.0 Å². The first-order chi connectivity index (χ1) is 12.1. The van der Waals surface area contributed by atoms with Crippen molar-refractivity contribution in [2.24, 2.45) is 0 Å². The second kappa shape index (κ2) is 7.54. The molecule has 3 aromatic rings. The van der Waals surface area contributed by atoms with Crippen LogP contribution in [0.15, 0.2) is 54.9 Å². The number of nitrogens with one attached hydrogen (secondary N) is 2. The van der Waals surface area contributed by atoms with Crippen molar-refractivity contribution in [3.8, 4) is 5.69 Å². The fourth-order valence-electron chi connectivity index (χ4n) is 2.08. The number of nitrogens with zero attached hydrogens (tertiary/aromatic N) is 4. The van der Waals surface area contributed by atoms with Crippen molar-refractivity contribution in [1.82, 2.24) is 31.1 Å². The second-order valence-electron chi connectivity index (χ2n) is 5.11. The van der Waals surface area contributed by atoms with Crippen LogP contribution in [-0.4, -0.2) is 32.0 Å². The molecular weight excluding hydrogens is 344 g/mol. The van der Waals surface area contributed by atoms with Gasteiger partial charge in [0, 0.05) is 10.6 Å². The minimum Gasteiger partial charge on any atom is -0.273 e. The Bertz CT molecular complexity index is 863. The standard InChI is InChI=1S/C16H13ClN6O2/c17-13-5-1-11(2-6-13)9-15(24)19-20-16(25)12-3-7-14(8-4-12)23-10-18-21-22-23/h1-8,10H,9H2,(H,19,24)(H,20,25). The van der Waals surface area contributed by atoms with E-state index in [1.54, 1.807) is 48.5 Å². The average molecular weight is 357 g/mol. The van der Waals surface area contributed by atoms with E-state index in [9.17, 15) is 9.59 Å². The van der Waals surface area contributed by atoms with Gasteiger partial charge >= 0.3 is 0 Å². The van der Waals surface area contributed by atoms with E-state index in [1.807, 2.05) is 0 Å². The SMILES string of the molecule is O=C(Cc1ccc(Cl)cc1)NNC(=O)c1ccc(-n2cnnn2)cc1. The van der Waals surface area contributed by atoms with Crippen LogP contribution in [0.3, 0.4) is 0 Å². The summed E-state index contributed by atoms with van der Waals surface area (Å²) in [6.45, 7) is 0. The van der Waals surface area contributed by atoms with E-state index in [0.717, 1.165) is 5.56 Å². The molecule has 0 fully saturated rings. The van der Waals surface area contributed by atoms with E-state index >= 15 is 0 Å². The summed E-state index contributed by atoms with van der Waals surface area (Å²) in [7, 11) is 0. The average Bonchev–Trinajstić information content (AvgIpc) is 3.16. The molecule has 3 rings (SSSR count). The van der Waals surface area contributed by atoms with Gasteiger partial charge in [0.1, 0.15) is 6.33 Å². The molecule has 0 saturated carbocycles. The smallest absolute Gasteiger partial charge is 0.269 e. The van der Waals surface area contributed by atoms with Gasteiger partial charge in [-0.3, -0.25) is 20.4 Å². The van der Waals surface area contributed by atoms with Crippen LogP contribution in [0.2, 0.25) is 5.02 Å². The van der Waals surface area contributed by atoms with E-state index < -0.39 is 5.91 Å². The molecule has 9 heteroatoms. The molecule has 0 unspecified atom stereocenters. The van der Waals surface area contributed by atoms with Gasteiger partial charge in [-0.25, -0.2) is 4.68 Å². The van der Waals surface area contributed by atoms with E-state index in [-0.39, 0.29) is 12.3 Å². The maximum Gasteiger partial charge on any atom is 0.269 e. The van der Waals surface area contributed by atoms with Crippen molar-refractivity contribution in [2.45, 2.75) is 6.42 Å². The summed E-state index contributed by atoms with van der Waals surface area (Å²) < 4.78 is 1.47. The van der Waals surface area contributed by atoms with Gasteiger partial charge in [-0.05, 0) is 52.4 Å². The molecule has 0 aliphatic heterocycles. The Hall–Kier alpha value is -3.26. The number of carbonyl (C=O) groups is 2. The number of hydrogen-bond acceptors (Lipinski definition) is 5. The van der Waals surface area contributed by atoms with Gasteiger partial charge in [-0.2, -0.15) is 0 Å². The number of amides is 2. The van der Waals surface area contributed by atoms with Crippen LogP contribution in [0.1, 0.15) is 15.9 Å². The van der Waals surface area contributed by atoms with Gasteiger partial charge in [-0.1, -0.05) is 23.7 Å². The first-order valence-corrected chi connectivity index (χ1v) is 7.67. The molecule has 0 spiro atoms. The molecule has 0 saturated heterocycles. The normalized spacial score (nSPS) is 10.3. The number of halogens is 1. The second-order valence-corrected chi connectivity index (χ2v) is 5.54. The molecule has 2 aromatic carbocycles. The number of tetrazole rings is 1. The highest BCUT2D eigenvalue weighted by atomic mass is 35.5. The molecule has 0 aliphatic carbocycles. The fourth-order valence-corrected chi connectivity index (χ4v) is 2.20. The largest absolute Gasteiger partial charge is 0.273 e. The van der Waals surface area contributed by atoms with Gasteiger partial charge in [0.15, 0.2) is 0 Å². The van der Waals surface area contributed by atoms with Crippen molar-refractivity contribution in [3.63, 3.8) is 0 Å². The number of hydrazine groups is 1. The lowest BCUT2D eigenvalue weighted by Gasteiger charge is -2.08. The van der Waals surface area contributed by atoms with E-state index in [2.05, 4.69) is 26.4 Å². The van der Waals surface area contributed by atoms with Crippen molar-refractivity contribution >= 4 is 23.4 Å². The number of carbonyl (C=O) groups excluding carboxylic acids is 2. The highest BCUT2D eigenvalue weighted by Crippen LogP contribution is 2.10. The number of aromatic nitrogens is 4. The Morgan fingerprint density at radius 3 is 2.36 bits per heavy atom. The molecule has 2 N–H and O–H groups in total. The van der Waals surface area contributed by atoms with Crippen LogP contribution in [0.25, 0.3) is 5.69 Å². The summed E-state index contributed by atoms with van der Waals surface area (Å²) in [5.74, 6) is -0.756. The van der Waals surface area contributed by atoms with Crippen LogP contribution in [0.4, 0.5) is 0 Å². The molecular formula is C16H13ClN6O2. The van der Waals surface area contributed by atoms with Crippen LogP contribution < -0.4 is 10.9 Å². The molecule has 0 atom stereocenters. The third-order valence-corrected chi connectivity index (χ3v) is 3.59. The van der Waals surface area contributed by atoms with Gasteiger partial charge in [0.2, 0.25) is 5.91 Å². The molecule has 1 heterocycles. The monoisotopic (exact) mass is 356 g/mol. The zero-order valence-corrected chi connectivity index (χ0v) is 13.6. The van der Waals surface area contributed by atoms with Crippen LogP contribution in [0.5, 0.6) is 0 Å². The minimum absolute atomic E-state index is 0.135. The maximum atomic E-state index is 12.1. The third-order valence-electron chi connectivity index (χ3n) is 3.34. The van der Waals surface area contributed by atoms with Gasteiger partial charge in [0.05, 0.1) is 12.1 Å². The summed E-state index contributed by atoms with van der Waals surface area (Å²) in [6.07, 6.45) is 1.59. The number of hydrogen-bond donors (Lipinski definition) is 2. The maximum absolute atomic E-state index is 12.1. The number of rotatable bonds is 4. The van der Waals surface area contributed by atoms with Crippen LogP contribution >= 0.6 is 11.6 Å². The van der Waals surface area contributed by atoms with Gasteiger partial charge < -0.3 is 0 Å². The highest BCUT2D eigenvalue weighted by molar-refractivity contribution is 6.30. The van der Waals surface area contributed by atoms with Crippen LogP contribution in [-0.2, 0) is 11.2 Å². The van der Waals surface area contributed by atoms with E-state index in [4.69, 9.17) is 11.6 Å². The predicted octanol–water partition coefficient (Wildman–Crippen LogP) is 1.32. The Morgan fingerprint density at radius 1 is 1.00 bits per heavy atom. The Balaban J connectivity index is 1.53. The first-order valence-electron chi connectivity index (χ1n) is 7.29. The summed E-state index contributed by atoms with van der Waals surface area (Å²) in [6, 6.07) is 13.5. The lowest BCUT2D eigenvalue weighted by Crippen LogP contribution is -2.42. The third kappa shape index (κ3) is 4.39. The van der Waals surface area contributed by atoms with Gasteiger partial charge in [0.25, 0.3) is 5.91 Å². The van der Waals surface area contributed by atoms with E-state index in [0.29, 0.717) is 16.3 Å². The molecule has 0 bridgehead atoms. The Kier molecular flexibility index (Phi) is 5.00. The zero-order valence-electron chi connectivity index (χ0n) is 12.9. The minimum atomic E-state index is -0.423. The summed E-state index contributed by atoms with van der Waals surface area (Å²) >= 11 is 5.79. The fraction of sp³-hybridized carbons (Fsp3) is 0.0625. The Labute approximate surface area is 147 Å². The molecule has 8 nitrogen and oxygen atoms in total. The number of benzene rings is 2. The highest BCUT2D eigenvalue weighted by Gasteiger charge is 2.08. The molecule has 126 valence electrons. The lowest BCUT2D eigenvalue weighted by atomic mass is 10.1. The Morgan fingerprint density at radius 2 is 1.72 bits per heavy atom. The van der Waals surface area contributed by atoms with Crippen molar-refractivity contribution < 1.29 is 9.59 Å². The molecule has 25 heavy (non-hydrogen) atoms. The molecule has 0 radical (unpaired) electrons. The molecule has 0 aliphatic rings. The first kappa shape index (κ1) is 16.6. The van der Waals surface area contributed by atoms with Crippen molar-refractivity contribution in [3.05, 3.63) is 71.0 Å². The lowest BCUT2D eigenvalue weighted by molar-refractivity contribution is -0.121. The van der Waals surface area contributed by atoms with Gasteiger partial charge in [-0.15, -0.1) is 5.10 Å². The summed E-state index contributed by atoms with van der Waals surface area (Å²) in [5, 5.41) is 11.4. The summed E-state index contributed by atoms with van der Waals surface area (Å²) in [4.78, 5) is 23.9. The van der Waals surface area contributed by atoms with Crippen molar-refractivity contribution in [2.75, 3.05) is 0 Å². The topological polar surface area (TPSA) is 102 Å². The van der Waals surface area contributed by atoms with Crippen LogP contribution in [0, 0.1) is 0 Å². The summed E-state index contributed by atoms with van der Waals surface area (Å²) in [5.41, 5.74) is 6.65.